The second-order valence-electron chi connectivity index (χ2n) is 29.2. The SMILES string of the molecule is Cc1c(-c2ccc(N3CCc4cccc(C(=O)Nc5nc6cccnc6s5)c4C3)nc2C(=O)OC(C)(C)C)cnn1CC12CC3(C)CC(C)(C1)CC(OCCNCCS(=O)(=O)OCC(C)(C)CCO[Si](c1ccccc1)(c1ccccc1)C(C)(C)C)(C3)C2. The van der Waals surface area contributed by atoms with Gasteiger partial charge in [-0.1, -0.05) is 133 Å². The summed E-state index contributed by atoms with van der Waals surface area (Å²) in [6, 6.07) is 34.6. The van der Waals surface area contributed by atoms with Crippen LogP contribution in [0.5, 0.6) is 0 Å². The molecular weight excluding hydrogens is 1160 g/mol. The van der Waals surface area contributed by atoms with Gasteiger partial charge in [-0.25, -0.2) is 19.7 Å². The first-order valence-electron chi connectivity index (χ1n) is 31.2. The lowest BCUT2D eigenvalue weighted by Gasteiger charge is -2.69. The number of rotatable bonds is 23. The summed E-state index contributed by atoms with van der Waals surface area (Å²) < 4.78 is 54.8. The monoisotopic (exact) mass is 1250 g/mol. The van der Waals surface area contributed by atoms with Crippen LogP contribution >= 0.6 is 11.3 Å². The van der Waals surface area contributed by atoms with E-state index in [4.69, 9.17) is 28.2 Å². The number of benzene rings is 3. The summed E-state index contributed by atoms with van der Waals surface area (Å²) in [6.45, 7) is 26.9. The lowest BCUT2D eigenvalue weighted by atomic mass is 9.39. The molecule has 3 aromatic carbocycles. The maximum atomic E-state index is 14.3. The first-order chi connectivity index (χ1) is 41.6. The molecule has 2 unspecified atom stereocenters. The fraction of sp³-hybridized carbons (Fsp3) is 0.507. The van der Waals surface area contributed by atoms with E-state index in [1.807, 2.05) is 89.3 Å². The molecule has 7 aromatic rings. The quantitative estimate of drug-likeness (QED) is 0.0266. The molecule has 468 valence electrons. The number of carbonyl (C=O) groups excluding carboxylic acids is 2. The van der Waals surface area contributed by atoms with Crippen molar-refractivity contribution in [3.8, 4) is 11.1 Å². The molecular formula is C69H88N8O8S2Si. The van der Waals surface area contributed by atoms with Crippen molar-refractivity contribution in [2.45, 2.75) is 157 Å². The van der Waals surface area contributed by atoms with Crippen molar-refractivity contribution in [1.82, 2.24) is 30.0 Å². The Bertz CT molecular complexity index is 3710. The number of amides is 1. The molecule has 4 fully saturated rings. The van der Waals surface area contributed by atoms with Crippen molar-refractivity contribution >= 4 is 73.3 Å². The van der Waals surface area contributed by atoms with Crippen molar-refractivity contribution in [1.29, 1.82) is 0 Å². The number of hydrogen-bond donors (Lipinski definition) is 2. The van der Waals surface area contributed by atoms with Crippen LogP contribution in [0.2, 0.25) is 5.04 Å². The average Bonchev–Trinajstić information content (AvgIpc) is 0.715. The van der Waals surface area contributed by atoms with Crippen LogP contribution in [0.15, 0.2) is 116 Å². The lowest BCUT2D eigenvalue weighted by Crippen LogP contribution is -2.66. The molecule has 2 N–H and O–H groups in total. The number of nitrogens with one attached hydrogen (secondary N) is 2. The molecule has 88 heavy (non-hydrogen) atoms. The van der Waals surface area contributed by atoms with E-state index >= 15 is 0 Å². The molecule has 0 radical (unpaired) electrons. The molecule has 2 atom stereocenters. The van der Waals surface area contributed by atoms with E-state index in [1.54, 1.807) is 6.20 Å². The number of fused-ring (bicyclic) bond motifs is 2. The number of thiazole rings is 1. The van der Waals surface area contributed by atoms with Crippen molar-refractivity contribution in [2.24, 2.45) is 21.7 Å². The zero-order chi connectivity index (χ0) is 62.5. The van der Waals surface area contributed by atoms with E-state index in [-0.39, 0.29) is 57.4 Å². The molecule has 4 bridgehead atoms. The topological polar surface area (TPSA) is 189 Å². The Morgan fingerprint density at radius 3 is 2.15 bits per heavy atom. The van der Waals surface area contributed by atoms with Crippen molar-refractivity contribution in [2.75, 3.05) is 55.4 Å². The molecule has 4 saturated carbocycles. The third-order valence-electron chi connectivity index (χ3n) is 18.6. The summed E-state index contributed by atoms with van der Waals surface area (Å²) in [5.41, 5.74) is 4.48. The number of anilines is 2. The van der Waals surface area contributed by atoms with Crippen LogP contribution in [0.4, 0.5) is 10.9 Å². The Balaban J connectivity index is 0.716. The molecule has 1 amide bonds. The Morgan fingerprint density at radius 1 is 0.773 bits per heavy atom. The van der Waals surface area contributed by atoms with Gasteiger partial charge < -0.3 is 24.1 Å². The van der Waals surface area contributed by atoms with Crippen LogP contribution < -0.4 is 25.9 Å². The molecule has 4 aromatic heterocycles. The van der Waals surface area contributed by atoms with Crippen LogP contribution in [0.25, 0.3) is 21.5 Å². The lowest BCUT2D eigenvalue weighted by molar-refractivity contribution is -0.247. The van der Waals surface area contributed by atoms with Gasteiger partial charge in [-0.15, -0.1) is 0 Å². The van der Waals surface area contributed by atoms with Gasteiger partial charge in [0.05, 0.1) is 30.8 Å². The van der Waals surface area contributed by atoms with E-state index in [0.717, 1.165) is 71.3 Å². The minimum atomic E-state index is -3.81. The smallest absolute Gasteiger partial charge is 0.358 e. The van der Waals surface area contributed by atoms with E-state index < -0.39 is 35.4 Å². The predicted molar refractivity (Wildman–Crippen MR) is 352 cm³/mol. The molecule has 0 spiro atoms. The average molecular weight is 1250 g/mol. The highest BCUT2D eigenvalue weighted by molar-refractivity contribution is 7.86. The summed E-state index contributed by atoms with van der Waals surface area (Å²) in [7, 11) is -6.54. The minimum absolute atomic E-state index is 0.0640. The van der Waals surface area contributed by atoms with Gasteiger partial charge in [0.1, 0.15) is 21.8 Å². The standard InChI is InChI=1S/C69H88N8O8S2Si/c1-48-54(52-27-28-57(74-58(52)61(79)85-63(2,3)4)76-34-29-49-20-18-25-53(55(49)39-76)59(78)75-62-73-56-26-19-31-71-60(56)86-62)38-72-77(48)46-68-41-66(10)40-67(11,42-68)44-69(43-66,45-68)82-36-32-70-33-37-87(80,81)83-47-65(8,9)30-35-84-88(64(5,6)7,50-21-14-12-15-22-50)51-23-16-13-17-24-51/h12-28,31,38,70H,29-30,32-37,39-47H2,1-11H3,(H,73,75,78). The summed E-state index contributed by atoms with van der Waals surface area (Å²) in [5, 5.41) is 14.2. The highest BCUT2D eigenvalue weighted by atomic mass is 32.2. The first kappa shape index (κ1) is 63.4. The molecule has 4 aliphatic carbocycles. The van der Waals surface area contributed by atoms with Crippen molar-refractivity contribution < 1.29 is 36.1 Å². The van der Waals surface area contributed by atoms with Crippen LogP contribution in [-0.2, 0) is 47.7 Å². The third kappa shape index (κ3) is 13.6. The molecule has 5 aliphatic rings. The Labute approximate surface area is 525 Å². The molecule has 0 saturated heterocycles. The van der Waals surface area contributed by atoms with E-state index in [2.05, 4.69) is 126 Å². The molecule has 16 nitrogen and oxygen atoms in total. The highest BCUT2D eigenvalue weighted by Gasteiger charge is 2.66. The van der Waals surface area contributed by atoms with Crippen molar-refractivity contribution in [3.05, 3.63) is 144 Å². The highest BCUT2D eigenvalue weighted by Crippen LogP contribution is 2.72. The minimum Gasteiger partial charge on any atom is -0.455 e. The third-order valence-corrected chi connectivity index (χ3v) is 25.7. The van der Waals surface area contributed by atoms with Gasteiger partial charge in [-0.2, -0.15) is 13.5 Å². The van der Waals surface area contributed by atoms with Gasteiger partial charge in [-0.05, 0) is 158 Å². The molecule has 12 rings (SSSR count). The zero-order valence-electron chi connectivity index (χ0n) is 53.3. The van der Waals surface area contributed by atoms with Gasteiger partial charge in [0.2, 0.25) is 0 Å². The number of hydrogen-bond acceptors (Lipinski definition) is 15. The summed E-state index contributed by atoms with van der Waals surface area (Å²) in [4.78, 5) is 45.2. The molecule has 1 aliphatic heterocycles. The maximum absolute atomic E-state index is 14.3. The molecule has 19 heteroatoms. The van der Waals surface area contributed by atoms with Gasteiger partial charge in [0.25, 0.3) is 24.3 Å². The van der Waals surface area contributed by atoms with Crippen LogP contribution in [-0.4, -0.2) is 110 Å². The van der Waals surface area contributed by atoms with Gasteiger partial charge >= 0.3 is 5.97 Å². The van der Waals surface area contributed by atoms with Gasteiger partial charge in [0.15, 0.2) is 10.8 Å². The first-order valence-corrected chi connectivity index (χ1v) is 35.5. The summed E-state index contributed by atoms with van der Waals surface area (Å²) in [6.07, 6.45) is 11.1. The van der Waals surface area contributed by atoms with Gasteiger partial charge in [0, 0.05) is 67.9 Å². The fourth-order valence-corrected chi connectivity index (χ4v) is 22.3. The second kappa shape index (κ2) is 24.2. The number of nitrogens with zero attached hydrogens (tertiary/aromatic N) is 6. The fourth-order valence-electron chi connectivity index (χ4n) is 15.9. The zero-order valence-corrected chi connectivity index (χ0v) is 55.9. The predicted octanol–water partition coefficient (Wildman–Crippen LogP) is 12.1. The normalized spacial score (nSPS) is 22.1. The molecule has 5 heterocycles. The van der Waals surface area contributed by atoms with Crippen LogP contribution in [0, 0.1) is 28.6 Å². The van der Waals surface area contributed by atoms with Crippen LogP contribution in [0.1, 0.15) is 152 Å². The van der Waals surface area contributed by atoms with Crippen molar-refractivity contribution in [3.63, 3.8) is 0 Å². The largest absolute Gasteiger partial charge is 0.455 e. The second-order valence-corrected chi connectivity index (χ2v) is 36.2. The van der Waals surface area contributed by atoms with E-state index in [0.29, 0.717) is 74.3 Å². The van der Waals surface area contributed by atoms with E-state index in [9.17, 15) is 18.0 Å². The number of pyridine rings is 2. The Morgan fingerprint density at radius 2 is 1.48 bits per heavy atom. The Hall–Kier alpha value is -6.19. The number of ether oxygens (including phenoxy) is 2. The van der Waals surface area contributed by atoms with Crippen LogP contribution in [0.3, 0.4) is 0 Å². The Kier molecular flexibility index (Phi) is 17.4. The van der Waals surface area contributed by atoms with E-state index in [1.165, 1.54) is 21.7 Å². The van der Waals surface area contributed by atoms with Gasteiger partial charge in [-0.3, -0.25) is 19.0 Å². The number of esters is 1. The summed E-state index contributed by atoms with van der Waals surface area (Å²) in [5.74, 6) is -0.290. The maximum Gasteiger partial charge on any atom is 0.358 e. The summed E-state index contributed by atoms with van der Waals surface area (Å²) >= 11 is 1.34. The number of aromatic nitrogens is 5. The number of carbonyl (C=O) groups is 2.